The van der Waals surface area contributed by atoms with Gasteiger partial charge in [0.2, 0.25) is 0 Å². The SMILES string of the molecule is ONCc1c(Br)cccc1N1CCCC1. The summed E-state index contributed by atoms with van der Waals surface area (Å²) in [6, 6.07) is 6.16. The third-order valence-electron chi connectivity index (χ3n) is 2.80. The Kier molecular flexibility index (Phi) is 3.61. The fraction of sp³-hybridized carbons (Fsp3) is 0.455. The van der Waals surface area contributed by atoms with Gasteiger partial charge in [-0.1, -0.05) is 22.0 Å². The van der Waals surface area contributed by atoms with Crippen molar-refractivity contribution in [1.82, 2.24) is 5.48 Å². The first-order valence-corrected chi connectivity index (χ1v) is 6.01. The topological polar surface area (TPSA) is 35.5 Å². The van der Waals surface area contributed by atoms with Gasteiger partial charge in [0, 0.05) is 35.4 Å². The van der Waals surface area contributed by atoms with Crippen LogP contribution >= 0.6 is 15.9 Å². The van der Waals surface area contributed by atoms with Gasteiger partial charge in [-0.2, -0.15) is 0 Å². The minimum absolute atomic E-state index is 0.479. The predicted octanol–water partition coefficient (Wildman–Crippen LogP) is 2.53. The van der Waals surface area contributed by atoms with E-state index in [-0.39, 0.29) is 0 Å². The van der Waals surface area contributed by atoms with E-state index in [9.17, 15) is 0 Å². The molecular formula is C11H15BrN2O. The maximum absolute atomic E-state index is 8.82. The normalized spacial score (nSPS) is 16.0. The number of rotatable bonds is 3. The lowest BCUT2D eigenvalue weighted by atomic mass is 10.1. The van der Waals surface area contributed by atoms with Gasteiger partial charge in [0.25, 0.3) is 0 Å². The molecule has 1 saturated heterocycles. The molecule has 1 aliphatic rings. The van der Waals surface area contributed by atoms with E-state index in [1.165, 1.54) is 18.5 Å². The molecule has 82 valence electrons. The largest absolute Gasteiger partial charge is 0.371 e. The molecule has 0 radical (unpaired) electrons. The zero-order valence-corrected chi connectivity index (χ0v) is 10.1. The molecule has 1 heterocycles. The quantitative estimate of drug-likeness (QED) is 0.829. The molecule has 3 nitrogen and oxygen atoms in total. The Hall–Kier alpha value is -0.580. The van der Waals surface area contributed by atoms with E-state index in [1.54, 1.807) is 0 Å². The monoisotopic (exact) mass is 270 g/mol. The van der Waals surface area contributed by atoms with Crippen molar-refractivity contribution >= 4 is 21.6 Å². The second kappa shape index (κ2) is 4.96. The highest BCUT2D eigenvalue weighted by atomic mass is 79.9. The van der Waals surface area contributed by atoms with Crippen LogP contribution in [-0.4, -0.2) is 18.3 Å². The summed E-state index contributed by atoms with van der Waals surface area (Å²) in [6.07, 6.45) is 2.52. The van der Waals surface area contributed by atoms with E-state index in [2.05, 4.69) is 32.4 Å². The fourth-order valence-electron chi connectivity index (χ4n) is 2.06. The summed E-state index contributed by atoms with van der Waals surface area (Å²) in [5.41, 5.74) is 4.58. The van der Waals surface area contributed by atoms with E-state index >= 15 is 0 Å². The Bertz CT molecular complexity index is 337. The third kappa shape index (κ3) is 2.33. The van der Waals surface area contributed by atoms with Gasteiger partial charge in [0.05, 0.1) is 0 Å². The van der Waals surface area contributed by atoms with Gasteiger partial charge in [-0.05, 0) is 25.0 Å². The van der Waals surface area contributed by atoms with Gasteiger partial charge in [0.15, 0.2) is 0 Å². The highest BCUT2D eigenvalue weighted by Gasteiger charge is 2.16. The highest BCUT2D eigenvalue weighted by molar-refractivity contribution is 9.10. The summed E-state index contributed by atoms with van der Waals surface area (Å²) < 4.78 is 1.05. The Morgan fingerprint density at radius 3 is 2.73 bits per heavy atom. The van der Waals surface area contributed by atoms with Crippen molar-refractivity contribution in [3.63, 3.8) is 0 Å². The summed E-state index contributed by atoms with van der Waals surface area (Å²) >= 11 is 3.52. The predicted molar refractivity (Wildman–Crippen MR) is 64.2 cm³/mol. The number of hydrogen-bond acceptors (Lipinski definition) is 3. The number of hydroxylamine groups is 1. The van der Waals surface area contributed by atoms with Crippen molar-refractivity contribution in [1.29, 1.82) is 0 Å². The summed E-state index contributed by atoms with van der Waals surface area (Å²) in [5, 5.41) is 8.82. The van der Waals surface area contributed by atoms with E-state index in [0.717, 1.165) is 23.1 Å². The molecule has 0 aliphatic carbocycles. The summed E-state index contributed by atoms with van der Waals surface area (Å²) in [7, 11) is 0. The minimum atomic E-state index is 0.479. The Morgan fingerprint density at radius 1 is 1.33 bits per heavy atom. The van der Waals surface area contributed by atoms with E-state index in [1.807, 2.05) is 12.1 Å². The van der Waals surface area contributed by atoms with Crippen LogP contribution in [0.3, 0.4) is 0 Å². The maximum atomic E-state index is 8.82. The molecule has 0 saturated carbocycles. The number of halogens is 1. The molecule has 1 aliphatic heterocycles. The van der Waals surface area contributed by atoms with Crippen molar-refractivity contribution in [3.05, 3.63) is 28.2 Å². The Labute approximate surface area is 98.2 Å². The smallest absolute Gasteiger partial charge is 0.0489 e. The number of nitrogens with one attached hydrogen (secondary N) is 1. The molecule has 0 amide bonds. The van der Waals surface area contributed by atoms with Crippen LogP contribution in [-0.2, 0) is 6.54 Å². The van der Waals surface area contributed by atoms with Crippen molar-refractivity contribution in [2.45, 2.75) is 19.4 Å². The standard InChI is InChI=1S/C11H15BrN2O/c12-10-4-3-5-11(9(10)8-13-15)14-6-1-2-7-14/h3-5,13,15H,1-2,6-8H2. The molecule has 4 heteroatoms. The second-order valence-electron chi connectivity index (χ2n) is 3.77. The molecule has 1 fully saturated rings. The van der Waals surface area contributed by atoms with Gasteiger partial charge in [-0.25, -0.2) is 5.48 Å². The Morgan fingerprint density at radius 2 is 2.07 bits per heavy atom. The van der Waals surface area contributed by atoms with Gasteiger partial charge in [0.1, 0.15) is 0 Å². The summed E-state index contributed by atoms with van der Waals surface area (Å²) in [6.45, 7) is 2.72. The molecule has 1 aromatic carbocycles. The van der Waals surface area contributed by atoms with Crippen LogP contribution in [0, 0.1) is 0 Å². The average Bonchev–Trinajstić information content (AvgIpc) is 2.74. The zero-order valence-electron chi connectivity index (χ0n) is 8.54. The lowest BCUT2D eigenvalue weighted by Crippen LogP contribution is -2.21. The number of nitrogens with zero attached hydrogens (tertiary/aromatic N) is 1. The lowest BCUT2D eigenvalue weighted by Gasteiger charge is -2.22. The molecule has 0 bridgehead atoms. The third-order valence-corrected chi connectivity index (χ3v) is 3.54. The van der Waals surface area contributed by atoms with Crippen LogP contribution in [0.1, 0.15) is 18.4 Å². The molecule has 1 aromatic rings. The fourth-order valence-corrected chi connectivity index (χ4v) is 2.55. The van der Waals surface area contributed by atoms with E-state index in [4.69, 9.17) is 5.21 Å². The molecule has 0 atom stereocenters. The van der Waals surface area contributed by atoms with Crippen LogP contribution in [0.25, 0.3) is 0 Å². The average molecular weight is 271 g/mol. The summed E-state index contributed by atoms with van der Waals surface area (Å²) in [4.78, 5) is 2.37. The maximum Gasteiger partial charge on any atom is 0.0489 e. The van der Waals surface area contributed by atoms with Crippen molar-refractivity contribution in [2.24, 2.45) is 0 Å². The van der Waals surface area contributed by atoms with Crippen LogP contribution in [0.2, 0.25) is 0 Å². The molecule has 0 spiro atoms. The minimum Gasteiger partial charge on any atom is -0.371 e. The second-order valence-corrected chi connectivity index (χ2v) is 4.62. The highest BCUT2D eigenvalue weighted by Crippen LogP contribution is 2.29. The summed E-state index contributed by atoms with van der Waals surface area (Å²) in [5.74, 6) is 0. The van der Waals surface area contributed by atoms with E-state index < -0.39 is 0 Å². The van der Waals surface area contributed by atoms with Crippen molar-refractivity contribution < 1.29 is 5.21 Å². The van der Waals surface area contributed by atoms with Gasteiger partial charge < -0.3 is 10.1 Å². The number of benzene rings is 1. The molecule has 0 aromatic heterocycles. The molecule has 2 rings (SSSR count). The molecule has 0 unspecified atom stereocenters. The van der Waals surface area contributed by atoms with Crippen LogP contribution < -0.4 is 10.4 Å². The molecular weight excluding hydrogens is 256 g/mol. The molecule has 15 heavy (non-hydrogen) atoms. The van der Waals surface area contributed by atoms with Crippen LogP contribution in [0.15, 0.2) is 22.7 Å². The van der Waals surface area contributed by atoms with Gasteiger partial charge in [-0.3, -0.25) is 0 Å². The Balaban J connectivity index is 2.31. The zero-order chi connectivity index (χ0) is 10.7. The number of hydrogen-bond donors (Lipinski definition) is 2. The van der Waals surface area contributed by atoms with Gasteiger partial charge >= 0.3 is 0 Å². The first kappa shape index (κ1) is 10.9. The first-order valence-electron chi connectivity index (χ1n) is 5.22. The first-order chi connectivity index (χ1) is 7.33. The van der Waals surface area contributed by atoms with Crippen LogP contribution in [0.4, 0.5) is 5.69 Å². The van der Waals surface area contributed by atoms with Gasteiger partial charge in [-0.15, -0.1) is 0 Å². The number of anilines is 1. The van der Waals surface area contributed by atoms with Crippen molar-refractivity contribution in [3.8, 4) is 0 Å². The van der Waals surface area contributed by atoms with Crippen molar-refractivity contribution in [2.75, 3.05) is 18.0 Å². The molecule has 2 N–H and O–H groups in total. The lowest BCUT2D eigenvalue weighted by molar-refractivity contribution is 0.161. The van der Waals surface area contributed by atoms with E-state index in [0.29, 0.717) is 6.54 Å². The van der Waals surface area contributed by atoms with Crippen LogP contribution in [0.5, 0.6) is 0 Å².